The highest BCUT2D eigenvalue weighted by atomic mass is 16.1. The number of hydrogen-bond donors (Lipinski definition) is 2. The molecule has 3 nitrogen and oxygen atoms in total. The monoisotopic (exact) mass is 161 g/mol. The standard InChI is InChI=1S/C9H9N2O/c12-6-7-5-10-8-3-1-2-4-9(8)11-7/h1-4,7,10-11H,5H2. The SMILES string of the molecule is O=[C]C1CNc2ccccc2N1. The van der Waals surface area contributed by atoms with E-state index in [1.165, 1.54) is 0 Å². The first-order valence-electron chi connectivity index (χ1n) is 3.87. The average Bonchev–Trinajstić information content (AvgIpc) is 2.17. The third kappa shape index (κ3) is 1.13. The van der Waals surface area contributed by atoms with Crippen LogP contribution in [0.4, 0.5) is 11.4 Å². The summed E-state index contributed by atoms with van der Waals surface area (Å²) < 4.78 is 0. The van der Waals surface area contributed by atoms with E-state index in [0.717, 1.165) is 11.4 Å². The molecule has 61 valence electrons. The molecule has 0 bridgehead atoms. The molecule has 3 heteroatoms. The van der Waals surface area contributed by atoms with Crippen LogP contribution in [0.1, 0.15) is 0 Å². The van der Waals surface area contributed by atoms with Crippen molar-refractivity contribution in [1.82, 2.24) is 0 Å². The van der Waals surface area contributed by atoms with Gasteiger partial charge in [-0.05, 0) is 12.1 Å². The lowest BCUT2D eigenvalue weighted by Crippen LogP contribution is -2.33. The summed E-state index contributed by atoms with van der Waals surface area (Å²) in [6, 6.07) is 7.58. The third-order valence-corrected chi connectivity index (χ3v) is 1.90. The van der Waals surface area contributed by atoms with Crippen molar-refractivity contribution in [2.45, 2.75) is 6.04 Å². The van der Waals surface area contributed by atoms with Crippen molar-refractivity contribution < 1.29 is 4.79 Å². The molecular weight excluding hydrogens is 152 g/mol. The minimum atomic E-state index is -0.222. The van der Waals surface area contributed by atoms with Crippen molar-refractivity contribution in [2.75, 3.05) is 17.2 Å². The molecule has 1 aromatic carbocycles. The van der Waals surface area contributed by atoms with Gasteiger partial charge in [0, 0.05) is 6.54 Å². The maximum atomic E-state index is 10.3. The Balaban J connectivity index is 2.28. The average molecular weight is 161 g/mol. The first-order valence-corrected chi connectivity index (χ1v) is 3.87. The molecule has 1 aromatic rings. The van der Waals surface area contributed by atoms with E-state index in [4.69, 9.17) is 0 Å². The summed E-state index contributed by atoms with van der Waals surface area (Å²) >= 11 is 0. The van der Waals surface area contributed by atoms with Gasteiger partial charge in [0.1, 0.15) is 6.04 Å². The quantitative estimate of drug-likeness (QED) is 0.645. The molecule has 0 spiro atoms. The second kappa shape index (κ2) is 2.85. The van der Waals surface area contributed by atoms with Crippen LogP contribution in [0.2, 0.25) is 0 Å². The zero-order chi connectivity index (χ0) is 8.39. The minimum absolute atomic E-state index is 0.222. The van der Waals surface area contributed by atoms with Crippen molar-refractivity contribution >= 4 is 17.7 Å². The Kier molecular flexibility index (Phi) is 1.70. The van der Waals surface area contributed by atoms with E-state index in [0.29, 0.717) is 6.54 Å². The van der Waals surface area contributed by atoms with E-state index in [9.17, 15) is 4.79 Å². The topological polar surface area (TPSA) is 41.1 Å². The van der Waals surface area contributed by atoms with E-state index in [1.807, 2.05) is 30.6 Å². The predicted molar refractivity (Wildman–Crippen MR) is 48.0 cm³/mol. The lowest BCUT2D eigenvalue weighted by Gasteiger charge is -2.23. The van der Waals surface area contributed by atoms with E-state index in [1.54, 1.807) is 0 Å². The van der Waals surface area contributed by atoms with Gasteiger partial charge in [-0.1, -0.05) is 12.1 Å². The molecule has 0 saturated heterocycles. The highest BCUT2D eigenvalue weighted by Crippen LogP contribution is 2.24. The van der Waals surface area contributed by atoms with Crippen LogP contribution in [0, 0.1) is 0 Å². The van der Waals surface area contributed by atoms with Gasteiger partial charge in [0.05, 0.1) is 11.4 Å². The van der Waals surface area contributed by atoms with E-state index in [-0.39, 0.29) is 6.04 Å². The lowest BCUT2D eigenvalue weighted by atomic mass is 10.2. The van der Waals surface area contributed by atoms with E-state index < -0.39 is 0 Å². The highest BCUT2D eigenvalue weighted by Gasteiger charge is 2.15. The van der Waals surface area contributed by atoms with Crippen molar-refractivity contribution in [3.8, 4) is 0 Å². The molecule has 0 amide bonds. The second-order valence-corrected chi connectivity index (χ2v) is 2.74. The van der Waals surface area contributed by atoms with Crippen molar-refractivity contribution in [2.24, 2.45) is 0 Å². The first kappa shape index (κ1) is 7.16. The molecule has 2 rings (SSSR count). The van der Waals surface area contributed by atoms with Crippen molar-refractivity contribution in [3.63, 3.8) is 0 Å². The van der Waals surface area contributed by atoms with Crippen LogP contribution in [-0.2, 0) is 4.79 Å². The number of nitrogens with one attached hydrogen (secondary N) is 2. The summed E-state index contributed by atoms with van der Waals surface area (Å²) in [5.74, 6) is 0. The molecule has 0 aromatic heterocycles. The molecule has 0 saturated carbocycles. The second-order valence-electron chi connectivity index (χ2n) is 2.74. The molecule has 1 atom stereocenters. The minimum Gasteiger partial charge on any atom is -0.381 e. The van der Waals surface area contributed by atoms with Crippen LogP contribution in [0.15, 0.2) is 24.3 Å². The maximum absolute atomic E-state index is 10.3. The Labute approximate surface area is 70.8 Å². The highest BCUT2D eigenvalue weighted by molar-refractivity contribution is 5.77. The number of benzene rings is 1. The van der Waals surface area contributed by atoms with Crippen molar-refractivity contribution in [3.05, 3.63) is 24.3 Å². The smallest absolute Gasteiger partial charge is 0.224 e. The number of hydrogen-bond acceptors (Lipinski definition) is 3. The number of carbonyl (C=O) groups excluding carboxylic acids is 1. The molecule has 1 aliphatic rings. The van der Waals surface area contributed by atoms with Gasteiger partial charge in [0.15, 0.2) is 0 Å². The first-order chi connectivity index (χ1) is 5.90. The number of fused-ring (bicyclic) bond motifs is 1. The fourth-order valence-electron chi connectivity index (χ4n) is 1.29. The van der Waals surface area contributed by atoms with Gasteiger partial charge in [-0.25, -0.2) is 0 Å². The number of rotatable bonds is 1. The zero-order valence-corrected chi connectivity index (χ0v) is 6.50. The molecule has 1 radical (unpaired) electrons. The maximum Gasteiger partial charge on any atom is 0.224 e. The Morgan fingerprint density at radius 1 is 1.33 bits per heavy atom. The van der Waals surface area contributed by atoms with Crippen LogP contribution < -0.4 is 10.6 Å². The molecule has 0 aliphatic carbocycles. The summed E-state index contributed by atoms with van der Waals surface area (Å²) in [4.78, 5) is 10.3. The molecule has 12 heavy (non-hydrogen) atoms. The molecular formula is C9H9N2O. The molecule has 1 heterocycles. The van der Waals surface area contributed by atoms with Gasteiger partial charge in [-0.3, -0.25) is 4.79 Å². The lowest BCUT2D eigenvalue weighted by molar-refractivity contribution is 0.546. The largest absolute Gasteiger partial charge is 0.381 e. The van der Waals surface area contributed by atoms with Crippen LogP contribution in [0.3, 0.4) is 0 Å². The molecule has 1 aliphatic heterocycles. The molecule has 2 N–H and O–H groups in total. The van der Waals surface area contributed by atoms with Gasteiger partial charge < -0.3 is 10.6 Å². The Hall–Kier alpha value is -1.51. The summed E-state index contributed by atoms with van der Waals surface area (Å²) in [7, 11) is 0. The van der Waals surface area contributed by atoms with Crippen LogP contribution in [0.5, 0.6) is 0 Å². The van der Waals surface area contributed by atoms with E-state index in [2.05, 4.69) is 10.6 Å². The van der Waals surface area contributed by atoms with Gasteiger partial charge in [-0.15, -0.1) is 0 Å². The zero-order valence-electron chi connectivity index (χ0n) is 6.50. The van der Waals surface area contributed by atoms with Crippen LogP contribution >= 0.6 is 0 Å². The van der Waals surface area contributed by atoms with Gasteiger partial charge in [0.25, 0.3) is 0 Å². The summed E-state index contributed by atoms with van der Waals surface area (Å²) in [6.07, 6.45) is 1.92. The fraction of sp³-hybridized carbons (Fsp3) is 0.222. The van der Waals surface area contributed by atoms with Crippen LogP contribution in [0.25, 0.3) is 0 Å². The third-order valence-electron chi connectivity index (χ3n) is 1.90. The van der Waals surface area contributed by atoms with Crippen molar-refractivity contribution in [1.29, 1.82) is 0 Å². The van der Waals surface area contributed by atoms with Gasteiger partial charge in [-0.2, -0.15) is 0 Å². The Morgan fingerprint density at radius 2 is 2.08 bits per heavy atom. The number of para-hydroxylation sites is 2. The Bertz CT molecular complexity index is 298. The Morgan fingerprint density at radius 3 is 2.83 bits per heavy atom. The normalized spacial score (nSPS) is 20.2. The number of anilines is 2. The van der Waals surface area contributed by atoms with E-state index >= 15 is 0 Å². The summed E-state index contributed by atoms with van der Waals surface area (Å²) in [5, 5.41) is 6.20. The fourth-order valence-corrected chi connectivity index (χ4v) is 1.29. The summed E-state index contributed by atoms with van der Waals surface area (Å²) in [5.41, 5.74) is 2.01. The predicted octanol–water partition coefficient (Wildman–Crippen LogP) is 1.00. The summed E-state index contributed by atoms with van der Waals surface area (Å²) in [6.45, 7) is 0.612. The molecule has 0 fully saturated rings. The van der Waals surface area contributed by atoms with Gasteiger partial charge >= 0.3 is 0 Å². The van der Waals surface area contributed by atoms with Gasteiger partial charge in [0.2, 0.25) is 6.29 Å². The molecule has 1 unspecified atom stereocenters. The van der Waals surface area contributed by atoms with Crippen LogP contribution in [-0.4, -0.2) is 18.9 Å².